The number of carbonyl (C=O) groups is 1. The summed E-state index contributed by atoms with van der Waals surface area (Å²) in [4.78, 5) is 13.3. The minimum Gasteiger partial charge on any atom is -0.497 e. The van der Waals surface area contributed by atoms with Crippen molar-refractivity contribution in [2.24, 2.45) is 0 Å². The van der Waals surface area contributed by atoms with E-state index in [9.17, 15) is 4.79 Å². The molecule has 158 valence electrons. The molecule has 2 heterocycles. The number of hydrogen-bond donors (Lipinski definition) is 1. The maximum atomic E-state index is 13.3. The second kappa shape index (κ2) is 9.53. The van der Waals surface area contributed by atoms with Crippen LogP contribution in [0.25, 0.3) is 11.6 Å². The molecule has 8 heteroatoms. The third-order valence-electron chi connectivity index (χ3n) is 4.68. The highest BCUT2D eigenvalue weighted by atomic mass is 32.2. The predicted molar refractivity (Wildman–Crippen MR) is 120 cm³/mol. The van der Waals surface area contributed by atoms with Gasteiger partial charge in [0.15, 0.2) is 16.7 Å². The monoisotopic (exact) mass is 434 g/mol. The zero-order valence-corrected chi connectivity index (χ0v) is 18.0. The molecule has 0 aliphatic heterocycles. The van der Waals surface area contributed by atoms with Crippen LogP contribution in [0, 0.1) is 0 Å². The first-order valence-corrected chi connectivity index (χ1v) is 10.7. The zero-order valence-electron chi connectivity index (χ0n) is 17.2. The molecular formula is C23H22N4O3S. The van der Waals surface area contributed by atoms with Crippen molar-refractivity contribution in [3.05, 3.63) is 78.6 Å². The highest BCUT2D eigenvalue weighted by Gasteiger charge is 2.26. The molecule has 0 fully saturated rings. The van der Waals surface area contributed by atoms with Crippen molar-refractivity contribution in [1.82, 2.24) is 14.8 Å². The molecule has 0 radical (unpaired) electrons. The van der Waals surface area contributed by atoms with Crippen molar-refractivity contribution in [1.29, 1.82) is 0 Å². The number of rotatable bonds is 8. The van der Waals surface area contributed by atoms with Crippen LogP contribution in [0.3, 0.4) is 0 Å². The van der Waals surface area contributed by atoms with Crippen LogP contribution in [-0.2, 0) is 11.3 Å². The normalized spacial score (nSPS) is 11.8. The van der Waals surface area contributed by atoms with Gasteiger partial charge in [0.25, 0.3) is 0 Å². The number of ether oxygens (including phenoxy) is 1. The van der Waals surface area contributed by atoms with E-state index >= 15 is 0 Å². The van der Waals surface area contributed by atoms with Crippen molar-refractivity contribution in [2.45, 2.75) is 23.9 Å². The molecule has 0 saturated heterocycles. The van der Waals surface area contributed by atoms with Crippen LogP contribution in [0.5, 0.6) is 5.75 Å². The van der Waals surface area contributed by atoms with E-state index in [0.29, 0.717) is 34.7 Å². The number of aromatic nitrogens is 3. The van der Waals surface area contributed by atoms with E-state index in [1.165, 1.54) is 11.8 Å². The summed E-state index contributed by atoms with van der Waals surface area (Å²) < 4.78 is 12.7. The van der Waals surface area contributed by atoms with Crippen LogP contribution in [0.4, 0.5) is 5.69 Å². The number of thioether (sulfide) groups is 1. The number of methoxy groups -OCH3 is 1. The van der Waals surface area contributed by atoms with Gasteiger partial charge in [-0.1, -0.05) is 48.2 Å². The fourth-order valence-electron chi connectivity index (χ4n) is 3.16. The van der Waals surface area contributed by atoms with E-state index in [-0.39, 0.29) is 5.91 Å². The molecule has 0 bridgehead atoms. The summed E-state index contributed by atoms with van der Waals surface area (Å²) in [6.07, 6.45) is 1.60. The number of amides is 1. The Hall–Kier alpha value is -3.52. The molecule has 0 aliphatic rings. The minimum atomic E-state index is -0.522. The summed E-state index contributed by atoms with van der Waals surface area (Å²) in [5.74, 6) is 1.79. The Bertz CT molecular complexity index is 1140. The molecule has 0 unspecified atom stereocenters. The molecule has 0 spiro atoms. The lowest BCUT2D eigenvalue weighted by Gasteiger charge is -2.17. The third-order valence-corrected chi connectivity index (χ3v) is 5.91. The van der Waals surface area contributed by atoms with Gasteiger partial charge in [0, 0.05) is 18.3 Å². The van der Waals surface area contributed by atoms with E-state index in [2.05, 4.69) is 15.5 Å². The van der Waals surface area contributed by atoms with E-state index in [4.69, 9.17) is 9.15 Å². The van der Waals surface area contributed by atoms with Gasteiger partial charge in [-0.25, -0.2) is 0 Å². The van der Waals surface area contributed by atoms with Gasteiger partial charge in [-0.2, -0.15) is 0 Å². The Labute approximate surface area is 184 Å². The van der Waals surface area contributed by atoms with E-state index in [0.717, 1.165) is 5.56 Å². The van der Waals surface area contributed by atoms with Crippen LogP contribution in [0.2, 0.25) is 0 Å². The van der Waals surface area contributed by atoms with Gasteiger partial charge < -0.3 is 14.5 Å². The first-order chi connectivity index (χ1) is 15.2. The molecule has 7 nitrogen and oxygen atoms in total. The first-order valence-electron chi connectivity index (χ1n) is 9.83. The van der Waals surface area contributed by atoms with Gasteiger partial charge in [0.05, 0.1) is 13.4 Å². The number of nitrogens with zero attached hydrogens (tertiary/aromatic N) is 3. The smallest absolute Gasteiger partial charge is 0.242 e. The van der Waals surface area contributed by atoms with Crippen LogP contribution in [0.15, 0.2) is 82.6 Å². The second-order valence-corrected chi connectivity index (χ2v) is 7.73. The van der Waals surface area contributed by atoms with Gasteiger partial charge in [-0.05, 0) is 36.8 Å². The average Bonchev–Trinajstić information content (AvgIpc) is 3.47. The molecule has 0 saturated carbocycles. The number of hydrogen-bond acceptors (Lipinski definition) is 6. The van der Waals surface area contributed by atoms with Gasteiger partial charge >= 0.3 is 0 Å². The quantitative estimate of drug-likeness (QED) is 0.391. The lowest BCUT2D eigenvalue weighted by Crippen LogP contribution is -2.19. The summed E-state index contributed by atoms with van der Waals surface area (Å²) in [6, 6.07) is 20.6. The van der Waals surface area contributed by atoms with Crippen molar-refractivity contribution in [3.8, 4) is 17.3 Å². The lowest BCUT2D eigenvalue weighted by molar-refractivity contribution is -0.115. The molecule has 1 amide bonds. The maximum Gasteiger partial charge on any atom is 0.242 e. The Balaban J connectivity index is 1.64. The number of carbonyl (C=O) groups excluding carboxylic acids is 1. The van der Waals surface area contributed by atoms with E-state index in [1.54, 1.807) is 19.4 Å². The standard InChI is InChI=1S/C23H22N4O3S/c1-3-27-21(19-13-8-14-30-19)25-26-23(27)31-20(16-9-5-4-6-10-16)22(28)24-17-11-7-12-18(15-17)29-2/h4-15,20H,3H2,1-2H3,(H,24,28)/t20-/m0/s1. The Morgan fingerprint density at radius 2 is 1.97 bits per heavy atom. The molecule has 2 aromatic carbocycles. The largest absolute Gasteiger partial charge is 0.497 e. The molecule has 2 aromatic heterocycles. The van der Waals surface area contributed by atoms with Crippen LogP contribution < -0.4 is 10.1 Å². The number of nitrogens with one attached hydrogen (secondary N) is 1. The summed E-state index contributed by atoms with van der Waals surface area (Å²) in [5, 5.41) is 11.7. The minimum absolute atomic E-state index is 0.158. The molecule has 31 heavy (non-hydrogen) atoms. The van der Waals surface area contributed by atoms with Crippen LogP contribution in [0.1, 0.15) is 17.7 Å². The summed E-state index contributed by atoms with van der Waals surface area (Å²) >= 11 is 1.35. The zero-order chi connectivity index (χ0) is 21.6. The van der Waals surface area contributed by atoms with Crippen LogP contribution in [-0.4, -0.2) is 27.8 Å². The van der Waals surface area contributed by atoms with Crippen molar-refractivity contribution in [2.75, 3.05) is 12.4 Å². The van der Waals surface area contributed by atoms with Crippen molar-refractivity contribution < 1.29 is 13.9 Å². The van der Waals surface area contributed by atoms with Crippen molar-refractivity contribution in [3.63, 3.8) is 0 Å². The van der Waals surface area contributed by atoms with Gasteiger partial charge in [-0.15, -0.1) is 10.2 Å². The van der Waals surface area contributed by atoms with Gasteiger partial charge in [-0.3, -0.25) is 9.36 Å². The van der Waals surface area contributed by atoms with Gasteiger partial charge in [0.1, 0.15) is 11.0 Å². The molecule has 0 aliphatic carbocycles. The van der Waals surface area contributed by atoms with E-state index < -0.39 is 5.25 Å². The number of benzene rings is 2. The predicted octanol–water partition coefficient (Wildman–Crippen LogP) is 5.04. The van der Waals surface area contributed by atoms with E-state index in [1.807, 2.05) is 72.2 Å². The topological polar surface area (TPSA) is 82.2 Å². The average molecular weight is 435 g/mol. The fraction of sp³-hybridized carbons (Fsp3) is 0.174. The van der Waals surface area contributed by atoms with Crippen LogP contribution >= 0.6 is 11.8 Å². The highest BCUT2D eigenvalue weighted by Crippen LogP contribution is 2.37. The third kappa shape index (κ3) is 4.64. The fourth-order valence-corrected chi connectivity index (χ4v) is 4.26. The first kappa shape index (κ1) is 20.7. The molecule has 4 aromatic rings. The summed E-state index contributed by atoms with van der Waals surface area (Å²) in [5.41, 5.74) is 1.54. The molecule has 1 N–H and O–H groups in total. The number of furan rings is 1. The highest BCUT2D eigenvalue weighted by molar-refractivity contribution is 8.00. The molecule has 1 atom stereocenters. The van der Waals surface area contributed by atoms with Gasteiger partial charge in [0.2, 0.25) is 5.91 Å². The Morgan fingerprint density at radius 1 is 1.13 bits per heavy atom. The molecular weight excluding hydrogens is 412 g/mol. The number of anilines is 1. The Morgan fingerprint density at radius 3 is 2.68 bits per heavy atom. The Kier molecular flexibility index (Phi) is 6.37. The summed E-state index contributed by atoms with van der Waals surface area (Å²) in [6.45, 7) is 2.65. The second-order valence-electron chi connectivity index (χ2n) is 6.66. The lowest BCUT2D eigenvalue weighted by atomic mass is 10.1. The maximum absolute atomic E-state index is 13.3. The van der Waals surface area contributed by atoms with Crippen molar-refractivity contribution >= 4 is 23.4 Å². The molecule has 4 rings (SSSR count). The SMILES string of the molecule is CCn1c(S[C@H](C(=O)Nc2cccc(OC)c2)c2ccccc2)nnc1-c1ccco1. The summed E-state index contributed by atoms with van der Waals surface area (Å²) in [7, 11) is 1.59.